The maximum absolute atomic E-state index is 4.23. The largest absolute Gasteiger partial charge is 0.317 e. The molecule has 0 saturated carbocycles. The normalized spacial score (nSPS) is 19.1. The molecule has 0 radical (unpaired) electrons. The number of aromatic nitrogens is 1. The highest BCUT2D eigenvalue weighted by atomic mass is 15.1. The van der Waals surface area contributed by atoms with Crippen LogP contribution in [0.25, 0.3) is 0 Å². The first-order valence-electron chi connectivity index (χ1n) is 7.16. The third-order valence-corrected chi connectivity index (χ3v) is 4.07. The summed E-state index contributed by atoms with van der Waals surface area (Å²) in [4.78, 5) is 6.81. The Kier molecular flexibility index (Phi) is 5.14. The summed E-state index contributed by atoms with van der Waals surface area (Å²) in [6.07, 6.45) is 6.47. The molecule has 0 aromatic carbocycles. The van der Waals surface area contributed by atoms with Gasteiger partial charge in [0.1, 0.15) is 0 Å². The van der Waals surface area contributed by atoms with Crippen LogP contribution in [0, 0.1) is 5.92 Å². The summed E-state index contributed by atoms with van der Waals surface area (Å²) in [7, 11) is 0. The van der Waals surface area contributed by atoms with Gasteiger partial charge in [-0.05, 0) is 56.9 Å². The molecule has 3 nitrogen and oxygen atoms in total. The Morgan fingerprint density at radius 2 is 2.22 bits per heavy atom. The summed E-state index contributed by atoms with van der Waals surface area (Å²) in [5.41, 5.74) is 1.33. The SMILES string of the molecule is CCN(CC1CCNCC1)C(C)c1cccnc1. The van der Waals surface area contributed by atoms with E-state index in [-0.39, 0.29) is 0 Å². The van der Waals surface area contributed by atoms with Crippen LogP contribution in [0.1, 0.15) is 38.3 Å². The van der Waals surface area contributed by atoms with Crippen molar-refractivity contribution in [1.82, 2.24) is 15.2 Å². The average Bonchev–Trinajstić information content (AvgIpc) is 2.46. The number of rotatable bonds is 5. The van der Waals surface area contributed by atoms with Crippen molar-refractivity contribution in [3.63, 3.8) is 0 Å². The molecule has 1 aliphatic rings. The predicted molar refractivity (Wildman–Crippen MR) is 75.5 cm³/mol. The van der Waals surface area contributed by atoms with E-state index in [1.165, 1.54) is 38.0 Å². The lowest BCUT2D eigenvalue weighted by atomic mass is 9.96. The van der Waals surface area contributed by atoms with Crippen LogP contribution in [0.15, 0.2) is 24.5 Å². The Morgan fingerprint density at radius 1 is 1.44 bits per heavy atom. The molecule has 0 spiro atoms. The molecule has 0 aliphatic carbocycles. The molecule has 2 heterocycles. The lowest BCUT2D eigenvalue weighted by Crippen LogP contribution is -2.37. The quantitative estimate of drug-likeness (QED) is 0.866. The van der Waals surface area contributed by atoms with Gasteiger partial charge in [-0.2, -0.15) is 0 Å². The maximum atomic E-state index is 4.23. The minimum atomic E-state index is 0.471. The molecular formula is C15H25N3. The molecule has 0 amide bonds. The van der Waals surface area contributed by atoms with Gasteiger partial charge in [0.15, 0.2) is 0 Å². The average molecular weight is 247 g/mol. The zero-order chi connectivity index (χ0) is 12.8. The smallest absolute Gasteiger partial charge is 0.0335 e. The Bertz CT molecular complexity index is 333. The Hall–Kier alpha value is -0.930. The zero-order valence-corrected chi connectivity index (χ0v) is 11.6. The number of pyridine rings is 1. The van der Waals surface area contributed by atoms with Crippen molar-refractivity contribution in [3.8, 4) is 0 Å². The van der Waals surface area contributed by atoms with Gasteiger partial charge in [-0.3, -0.25) is 9.88 Å². The number of nitrogens with zero attached hydrogens (tertiary/aromatic N) is 2. The van der Waals surface area contributed by atoms with Crippen molar-refractivity contribution < 1.29 is 0 Å². The van der Waals surface area contributed by atoms with Crippen LogP contribution >= 0.6 is 0 Å². The van der Waals surface area contributed by atoms with Crippen molar-refractivity contribution >= 4 is 0 Å². The van der Waals surface area contributed by atoms with Gasteiger partial charge in [0, 0.05) is 25.0 Å². The first-order valence-corrected chi connectivity index (χ1v) is 7.16. The molecule has 2 rings (SSSR count). The highest BCUT2D eigenvalue weighted by Gasteiger charge is 2.20. The summed E-state index contributed by atoms with van der Waals surface area (Å²) in [5, 5.41) is 3.44. The van der Waals surface area contributed by atoms with E-state index in [0.29, 0.717) is 6.04 Å². The van der Waals surface area contributed by atoms with Crippen molar-refractivity contribution in [2.45, 2.75) is 32.7 Å². The van der Waals surface area contributed by atoms with Gasteiger partial charge >= 0.3 is 0 Å². The van der Waals surface area contributed by atoms with Crippen LogP contribution in [0.5, 0.6) is 0 Å². The number of nitrogens with one attached hydrogen (secondary N) is 1. The predicted octanol–water partition coefficient (Wildman–Crippen LogP) is 2.46. The second-order valence-corrected chi connectivity index (χ2v) is 5.24. The van der Waals surface area contributed by atoms with E-state index in [2.05, 4.69) is 35.1 Å². The van der Waals surface area contributed by atoms with Crippen LogP contribution in [-0.2, 0) is 0 Å². The molecule has 1 unspecified atom stereocenters. The molecular weight excluding hydrogens is 222 g/mol. The maximum Gasteiger partial charge on any atom is 0.0335 e. The first-order chi connectivity index (χ1) is 8.81. The van der Waals surface area contributed by atoms with E-state index in [0.717, 1.165) is 12.5 Å². The highest BCUT2D eigenvalue weighted by molar-refractivity contribution is 5.13. The van der Waals surface area contributed by atoms with Crippen molar-refractivity contribution in [2.75, 3.05) is 26.2 Å². The van der Waals surface area contributed by atoms with Crippen molar-refractivity contribution in [1.29, 1.82) is 0 Å². The fourth-order valence-electron chi connectivity index (χ4n) is 2.79. The monoisotopic (exact) mass is 247 g/mol. The molecule has 18 heavy (non-hydrogen) atoms. The molecule has 1 atom stereocenters. The molecule has 1 aromatic heterocycles. The molecule has 3 heteroatoms. The standard InChI is InChI=1S/C15H25N3/c1-3-18(12-14-6-9-16-10-7-14)13(2)15-5-4-8-17-11-15/h4-5,8,11,13-14,16H,3,6-7,9-10,12H2,1-2H3. The lowest BCUT2D eigenvalue weighted by Gasteiger charge is -2.33. The fourth-order valence-corrected chi connectivity index (χ4v) is 2.79. The van der Waals surface area contributed by atoms with E-state index in [1.807, 2.05) is 18.5 Å². The summed E-state index contributed by atoms with van der Waals surface area (Å²) in [5.74, 6) is 0.852. The molecule has 1 saturated heterocycles. The van der Waals surface area contributed by atoms with Gasteiger partial charge < -0.3 is 5.32 Å². The molecule has 1 aromatic rings. The highest BCUT2D eigenvalue weighted by Crippen LogP contribution is 2.22. The van der Waals surface area contributed by atoms with Crippen molar-refractivity contribution in [3.05, 3.63) is 30.1 Å². The minimum Gasteiger partial charge on any atom is -0.317 e. The molecule has 1 N–H and O–H groups in total. The summed E-state index contributed by atoms with van der Waals surface area (Å²) >= 11 is 0. The second kappa shape index (κ2) is 6.86. The Labute approximate surface area is 111 Å². The van der Waals surface area contributed by atoms with Crippen molar-refractivity contribution in [2.24, 2.45) is 5.92 Å². The van der Waals surface area contributed by atoms with Gasteiger partial charge in [0.05, 0.1) is 0 Å². The summed E-state index contributed by atoms with van der Waals surface area (Å²) < 4.78 is 0. The first kappa shape index (κ1) is 13.5. The third-order valence-electron chi connectivity index (χ3n) is 4.07. The molecule has 0 bridgehead atoms. The summed E-state index contributed by atoms with van der Waals surface area (Å²) in [6.45, 7) is 9.25. The van der Waals surface area contributed by atoms with Crippen LogP contribution < -0.4 is 5.32 Å². The van der Waals surface area contributed by atoms with Gasteiger partial charge in [0.25, 0.3) is 0 Å². The van der Waals surface area contributed by atoms with E-state index in [9.17, 15) is 0 Å². The van der Waals surface area contributed by atoms with Gasteiger partial charge in [0.2, 0.25) is 0 Å². The van der Waals surface area contributed by atoms with E-state index >= 15 is 0 Å². The molecule has 1 fully saturated rings. The summed E-state index contributed by atoms with van der Waals surface area (Å²) in [6, 6.07) is 4.69. The number of piperidine rings is 1. The molecule has 1 aliphatic heterocycles. The van der Waals surface area contributed by atoms with Gasteiger partial charge in [-0.15, -0.1) is 0 Å². The van der Waals surface area contributed by atoms with E-state index in [1.54, 1.807) is 0 Å². The van der Waals surface area contributed by atoms with Gasteiger partial charge in [-0.1, -0.05) is 13.0 Å². The number of hydrogen-bond acceptors (Lipinski definition) is 3. The topological polar surface area (TPSA) is 28.2 Å². The second-order valence-electron chi connectivity index (χ2n) is 5.24. The van der Waals surface area contributed by atoms with Crippen LogP contribution in [0.3, 0.4) is 0 Å². The zero-order valence-electron chi connectivity index (χ0n) is 11.6. The Balaban J connectivity index is 1.95. The Morgan fingerprint density at radius 3 is 2.83 bits per heavy atom. The lowest BCUT2D eigenvalue weighted by molar-refractivity contribution is 0.168. The van der Waals surface area contributed by atoms with Crippen LogP contribution in [0.2, 0.25) is 0 Å². The van der Waals surface area contributed by atoms with E-state index < -0.39 is 0 Å². The molecule has 100 valence electrons. The fraction of sp³-hybridized carbons (Fsp3) is 0.667. The van der Waals surface area contributed by atoms with Crippen LogP contribution in [0.4, 0.5) is 0 Å². The third kappa shape index (κ3) is 3.53. The van der Waals surface area contributed by atoms with Crippen LogP contribution in [-0.4, -0.2) is 36.1 Å². The van der Waals surface area contributed by atoms with E-state index in [4.69, 9.17) is 0 Å². The van der Waals surface area contributed by atoms with Gasteiger partial charge in [-0.25, -0.2) is 0 Å². The number of hydrogen-bond donors (Lipinski definition) is 1. The minimum absolute atomic E-state index is 0.471.